The Morgan fingerprint density at radius 1 is 1.03 bits per heavy atom. The highest BCUT2D eigenvalue weighted by molar-refractivity contribution is 5.97. The van der Waals surface area contributed by atoms with Crippen molar-refractivity contribution in [3.63, 3.8) is 0 Å². The SMILES string of the molecule is Cc1ccc(-c2c(CNC(=O)OC(C)(C)C)c(CC(C)C)nc3ccc(OCc4c(C)noc4C)cc23)cc1. The van der Waals surface area contributed by atoms with Crippen molar-refractivity contribution in [2.45, 2.75) is 80.6 Å². The van der Waals surface area contributed by atoms with E-state index in [1.807, 2.05) is 52.8 Å². The topological polar surface area (TPSA) is 86.5 Å². The van der Waals surface area contributed by atoms with Gasteiger partial charge in [-0.05, 0) is 83.2 Å². The van der Waals surface area contributed by atoms with Crippen LogP contribution in [0.2, 0.25) is 0 Å². The molecule has 7 nitrogen and oxygen atoms in total. The molecular weight excluding hydrogens is 490 g/mol. The van der Waals surface area contributed by atoms with Crippen LogP contribution >= 0.6 is 0 Å². The zero-order valence-corrected chi connectivity index (χ0v) is 24.3. The number of pyridine rings is 1. The molecule has 2 aromatic carbocycles. The van der Waals surface area contributed by atoms with E-state index in [4.69, 9.17) is 19.0 Å². The van der Waals surface area contributed by atoms with E-state index in [0.717, 1.165) is 62.5 Å². The second-order valence-electron chi connectivity index (χ2n) is 11.5. The van der Waals surface area contributed by atoms with E-state index in [9.17, 15) is 4.79 Å². The fourth-order valence-electron chi connectivity index (χ4n) is 4.56. The summed E-state index contributed by atoms with van der Waals surface area (Å²) < 4.78 is 17.0. The number of nitrogens with one attached hydrogen (secondary N) is 1. The van der Waals surface area contributed by atoms with Crippen molar-refractivity contribution in [3.05, 3.63) is 76.3 Å². The van der Waals surface area contributed by atoms with Gasteiger partial charge in [-0.25, -0.2) is 4.79 Å². The molecule has 0 atom stereocenters. The molecular formula is C32H39N3O4. The van der Waals surface area contributed by atoms with Crippen molar-refractivity contribution in [3.8, 4) is 16.9 Å². The van der Waals surface area contributed by atoms with Crippen LogP contribution in [-0.4, -0.2) is 21.8 Å². The quantitative estimate of drug-likeness (QED) is 0.253. The second kappa shape index (κ2) is 11.5. The molecule has 4 aromatic rings. The number of ether oxygens (including phenoxy) is 2. The van der Waals surface area contributed by atoms with Gasteiger partial charge in [-0.15, -0.1) is 0 Å². The van der Waals surface area contributed by atoms with Gasteiger partial charge in [-0.3, -0.25) is 4.98 Å². The van der Waals surface area contributed by atoms with Crippen molar-refractivity contribution in [2.75, 3.05) is 0 Å². The molecule has 0 radical (unpaired) electrons. The number of carbonyl (C=O) groups excluding carboxylic acids is 1. The number of benzene rings is 2. The molecule has 0 spiro atoms. The van der Waals surface area contributed by atoms with Gasteiger partial charge in [0.2, 0.25) is 0 Å². The van der Waals surface area contributed by atoms with E-state index in [2.05, 4.69) is 55.5 Å². The molecule has 39 heavy (non-hydrogen) atoms. The average molecular weight is 530 g/mol. The van der Waals surface area contributed by atoms with Gasteiger partial charge in [0.1, 0.15) is 23.7 Å². The van der Waals surface area contributed by atoms with Crippen LogP contribution in [0.25, 0.3) is 22.0 Å². The minimum Gasteiger partial charge on any atom is -0.489 e. The number of fused-ring (bicyclic) bond motifs is 1. The third kappa shape index (κ3) is 6.96. The van der Waals surface area contributed by atoms with E-state index < -0.39 is 11.7 Å². The predicted molar refractivity (Wildman–Crippen MR) is 154 cm³/mol. The normalized spacial score (nSPS) is 11.7. The molecule has 7 heteroatoms. The van der Waals surface area contributed by atoms with Gasteiger partial charge in [-0.1, -0.05) is 48.8 Å². The monoisotopic (exact) mass is 529 g/mol. The van der Waals surface area contributed by atoms with E-state index in [0.29, 0.717) is 19.1 Å². The summed E-state index contributed by atoms with van der Waals surface area (Å²) in [4.78, 5) is 17.7. The molecule has 0 aliphatic carbocycles. The van der Waals surface area contributed by atoms with Gasteiger partial charge < -0.3 is 19.3 Å². The van der Waals surface area contributed by atoms with Crippen LogP contribution in [0.5, 0.6) is 5.75 Å². The van der Waals surface area contributed by atoms with Crippen LogP contribution in [0.4, 0.5) is 4.79 Å². The lowest BCUT2D eigenvalue weighted by molar-refractivity contribution is 0.0523. The summed E-state index contributed by atoms with van der Waals surface area (Å²) >= 11 is 0. The first-order chi connectivity index (χ1) is 18.4. The van der Waals surface area contributed by atoms with Gasteiger partial charge in [0.05, 0.1) is 16.8 Å². The fraction of sp³-hybridized carbons (Fsp3) is 0.406. The van der Waals surface area contributed by atoms with Crippen LogP contribution < -0.4 is 10.1 Å². The molecule has 1 amide bonds. The molecule has 0 fully saturated rings. The Labute approximate surface area is 230 Å². The summed E-state index contributed by atoms with van der Waals surface area (Å²) in [5.41, 5.74) is 7.28. The molecule has 1 N–H and O–H groups in total. The van der Waals surface area contributed by atoms with Crippen molar-refractivity contribution in [1.82, 2.24) is 15.5 Å². The zero-order chi connectivity index (χ0) is 28.3. The van der Waals surface area contributed by atoms with E-state index in [1.165, 1.54) is 5.56 Å². The van der Waals surface area contributed by atoms with Crippen molar-refractivity contribution >= 4 is 17.0 Å². The number of alkyl carbamates (subject to hydrolysis) is 1. The van der Waals surface area contributed by atoms with Gasteiger partial charge in [0.15, 0.2) is 0 Å². The minimum absolute atomic E-state index is 0.299. The molecule has 0 saturated heterocycles. The van der Waals surface area contributed by atoms with Crippen LogP contribution in [0, 0.1) is 26.7 Å². The predicted octanol–water partition coefficient (Wildman–Crippen LogP) is 7.62. The van der Waals surface area contributed by atoms with E-state index >= 15 is 0 Å². The molecule has 2 heterocycles. The Morgan fingerprint density at radius 2 is 1.74 bits per heavy atom. The fourth-order valence-corrected chi connectivity index (χ4v) is 4.56. The third-order valence-electron chi connectivity index (χ3n) is 6.46. The van der Waals surface area contributed by atoms with E-state index in [-0.39, 0.29) is 0 Å². The summed E-state index contributed by atoms with van der Waals surface area (Å²) in [5, 5.41) is 7.97. The second-order valence-corrected chi connectivity index (χ2v) is 11.5. The van der Waals surface area contributed by atoms with Gasteiger partial charge in [-0.2, -0.15) is 0 Å². The third-order valence-corrected chi connectivity index (χ3v) is 6.46. The Morgan fingerprint density at radius 3 is 2.36 bits per heavy atom. The Kier molecular flexibility index (Phi) is 8.28. The van der Waals surface area contributed by atoms with Crippen LogP contribution in [0.3, 0.4) is 0 Å². The van der Waals surface area contributed by atoms with Crippen LogP contribution in [-0.2, 0) is 24.3 Å². The molecule has 0 bridgehead atoms. The van der Waals surface area contributed by atoms with Crippen molar-refractivity contribution in [1.29, 1.82) is 0 Å². The Hall–Kier alpha value is -3.87. The molecule has 4 rings (SSSR count). The maximum atomic E-state index is 12.6. The Bertz CT molecular complexity index is 1440. The number of hydrogen-bond acceptors (Lipinski definition) is 6. The molecule has 0 unspecified atom stereocenters. The summed E-state index contributed by atoms with van der Waals surface area (Å²) in [6.45, 7) is 16.5. The maximum absolute atomic E-state index is 12.6. The minimum atomic E-state index is -0.584. The molecule has 0 aliphatic heterocycles. The number of amides is 1. The lowest BCUT2D eigenvalue weighted by atomic mass is 9.91. The largest absolute Gasteiger partial charge is 0.489 e. The maximum Gasteiger partial charge on any atom is 0.407 e. The lowest BCUT2D eigenvalue weighted by Gasteiger charge is -2.22. The van der Waals surface area contributed by atoms with Crippen LogP contribution in [0.1, 0.15) is 68.5 Å². The first-order valence-electron chi connectivity index (χ1n) is 13.4. The zero-order valence-electron chi connectivity index (χ0n) is 24.3. The number of aryl methyl sites for hydroxylation is 3. The number of nitrogens with zero attached hydrogens (tertiary/aromatic N) is 2. The highest BCUT2D eigenvalue weighted by Gasteiger charge is 2.21. The Balaban J connectivity index is 1.83. The van der Waals surface area contributed by atoms with Gasteiger partial charge in [0, 0.05) is 23.2 Å². The standard InChI is InChI=1S/C32H39N3O4/c1-19(2)15-29-26(17-33-31(36)38-32(6,7)8)30(23-11-9-20(3)10-12-23)25-16-24(13-14-28(25)34-29)37-18-27-21(4)35-39-22(27)5/h9-14,16,19H,15,17-18H2,1-8H3,(H,33,36). The number of carbonyl (C=O) groups is 1. The number of hydrogen-bond donors (Lipinski definition) is 1. The smallest absolute Gasteiger partial charge is 0.407 e. The molecule has 2 aromatic heterocycles. The molecule has 0 saturated carbocycles. The molecule has 206 valence electrons. The number of aromatic nitrogens is 2. The van der Waals surface area contributed by atoms with Gasteiger partial charge >= 0.3 is 6.09 Å². The lowest BCUT2D eigenvalue weighted by Crippen LogP contribution is -2.32. The highest BCUT2D eigenvalue weighted by atomic mass is 16.6. The first-order valence-corrected chi connectivity index (χ1v) is 13.4. The molecule has 0 aliphatic rings. The van der Waals surface area contributed by atoms with Crippen molar-refractivity contribution in [2.24, 2.45) is 5.92 Å². The summed E-state index contributed by atoms with van der Waals surface area (Å²) in [6, 6.07) is 14.4. The van der Waals surface area contributed by atoms with E-state index in [1.54, 1.807) is 0 Å². The van der Waals surface area contributed by atoms with Gasteiger partial charge in [0.25, 0.3) is 0 Å². The first kappa shape index (κ1) is 28.1. The van der Waals surface area contributed by atoms with Crippen LogP contribution in [0.15, 0.2) is 47.0 Å². The van der Waals surface area contributed by atoms with Crippen molar-refractivity contribution < 1.29 is 18.8 Å². The number of rotatable bonds is 8. The summed E-state index contributed by atoms with van der Waals surface area (Å²) in [5.74, 6) is 1.86. The summed E-state index contributed by atoms with van der Waals surface area (Å²) in [7, 11) is 0. The summed E-state index contributed by atoms with van der Waals surface area (Å²) in [6.07, 6.45) is 0.328. The highest BCUT2D eigenvalue weighted by Crippen LogP contribution is 2.36. The average Bonchev–Trinajstić information content (AvgIpc) is 3.17.